The van der Waals surface area contributed by atoms with E-state index in [1.54, 1.807) is 0 Å². The molecule has 54 valence electrons. The molecule has 1 rings (SSSR count). The summed E-state index contributed by atoms with van der Waals surface area (Å²) < 4.78 is 0. The Morgan fingerprint density at radius 2 is 2.20 bits per heavy atom. The Labute approximate surface area is 57.7 Å². The molecule has 1 heterocycles. The van der Waals surface area contributed by atoms with Gasteiger partial charge in [-0.25, -0.2) is 0 Å². The first-order valence-corrected chi connectivity index (χ1v) is 2.80. The lowest BCUT2D eigenvalue weighted by Gasteiger charge is -2.01. The molecule has 0 radical (unpaired) electrons. The van der Waals surface area contributed by atoms with Crippen LogP contribution in [0.1, 0.15) is 0 Å². The van der Waals surface area contributed by atoms with Crippen molar-refractivity contribution in [3.05, 3.63) is 11.8 Å². The Morgan fingerprint density at radius 3 is 2.40 bits per heavy atom. The molecule has 1 amide bonds. The molecule has 0 bridgehead atoms. The Bertz CT molecular complexity index is 219. The van der Waals surface area contributed by atoms with Gasteiger partial charge in [-0.3, -0.25) is 9.59 Å². The van der Waals surface area contributed by atoms with Gasteiger partial charge in [0.05, 0.1) is 12.8 Å². The molecule has 1 aliphatic rings. The molecule has 1 saturated heterocycles. The first-order chi connectivity index (χ1) is 4.66. The van der Waals surface area contributed by atoms with Gasteiger partial charge in [0.15, 0.2) is 5.78 Å². The summed E-state index contributed by atoms with van der Waals surface area (Å²) in [4.78, 5) is 22.8. The fourth-order valence-electron chi connectivity index (χ4n) is 0.824. The van der Waals surface area contributed by atoms with E-state index < -0.39 is 5.91 Å². The van der Waals surface area contributed by atoms with Crippen LogP contribution in [0.15, 0.2) is 11.8 Å². The van der Waals surface area contributed by atoms with E-state index in [0.29, 0.717) is 6.26 Å². The van der Waals surface area contributed by atoms with Crippen LogP contribution in [0.3, 0.4) is 0 Å². The molecule has 4 nitrogen and oxygen atoms in total. The van der Waals surface area contributed by atoms with E-state index in [2.05, 4.69) is 0 Å². The second-order valence-corrected chi connectivity index (χ2v) is 2.13. The maximum absolute atomic E-state index is 10.8. The van der Waals surface area contributed by atoms with Crippen molar-refractivity contribution >= 4 is 11.7 Å². The molecule has 10 heavy (non-hydrogen) atoms. The van der Waals surface area contributed by atoms with Gasteiger partial charge in [-0.15, -0.1) is 0 Å². The smallest absolute Gasteiger partial charge is 0.260 e. The summed E-state index contributed by atoms with van der Waals surface area (Å²) in [7, 11) is 1.51. The number of ketones is 1. The van der Waals surface area contributed by atoms with E-state index in [1.165, 1.54) is 11.9 Å². The standard InChI is InChI=1S/C6H7NO3/c1-7-2-5(9)4(3-8)6(7)10/h3,8H,2H2,1H3/b4-3+. The summed E-state index contributed by atoms with van der Waals surface area (Å²) in [5.41, 5.74) is -0.123. The van der Waals surface area contributed by atoms with Gasteiger partial charge < -0.3 is 10.0 Å². The van der Waals surface area contributed by atoms with Crippen molar-refractivity contribution in [1.82, 2.24) is 4.90 Å². The van der Waals surface area contributed by atoms with Crippen LogP contribution in [0.4, 0.5) is 0 Å². The number of aliphatic hydroxyl groups excluding tert-OH is 1. The number of Topliss-reactive ketones (excluding diaryl/α,β-unsaturated/α-hetero) is 1. The van der Waals surface area contributed by atoms with Gasteiger partial charge in [-0.2, -0.15) is 0 Å². The summed E-state index contributed by atoms with van der Waals surface area (Å²) in [6, 6.07) is 0. The summed E-state index contributed by atoms with van der Waals surface area (Å²) in [5, 5.41) is 8.39. The number of amides is 1. The monoisotopic (exact) mass is 141 g/mol. The fourth-order valence-corrected chi connectivity index (χ4v) is 0.824. The number of carbonyl (C=O) groups excluding carboxylic acids is 2. The second kappa shape index (κ2) is 2.13. The molecule has 4 heteroatoms. The van der Waals surface area contributed by atoms with E-state index in [9.17, 15) is 9.59 Å². The summed E-state index contributed by atoms with van der Waals surface area (Å²) in [6.45, 7) is 0.0746. The van der Waals surface area contributed by atoms with Crippen molar-refractivity contribution in [2.45, 2.75) is 0 Å². The normalized spacial score (nSPS) is 22.9. The molecule has 0 atom stereocenters. The van der Waals surface area contributed by atoms with Crippen LogP contribution in [-0.4, -0.2) is 35.3 Å². The van der Waals surface area contributed by atoms with Crippen LogP contribution in [0.5, 0.6) is 0 Å². The molecule has 0 saturated carbocycles. The van der Waals surface area contributed by atoms with Crippen molar-refractivity contribution in [2.75, 3.05) is 13.6 Å². The van der Waals surface area contributed by atoms with Gasteiger partial charge in [0.2, 0.25) is 0 Å². The van der Waals surface area contributed by atoms with Crippen LogP contribution >= 0.6 is 0 Å². The molecule has 0 unspecified atom stereocenters. The quantitative estimate of drug-likeness (QED) is 0.280. The Balaban J connectivity index is 2.96. The minimum atomic E-state index is -0.410. The predicted molar refractivity (Wildman–Crippen MR) is 33.4 cm³/mol. The minimum Gasteiger partial charge on any atom is -0.515 e. The third-order valence-corrected chi connectivity index (χ3v) is 1.39. The topological polar surface area (TPSA) is 57.6 Å². The van der Waals surface area contributed by atoms with Crippen molar-refractivity contribution in [1.29, 1.82) is 0 Å². The SMILES string of the molecule is CN1CC(=O)/C(=C\O)C1=O. The largest absolute Gasteiger partial charge is 0.515 e. The maximum Gasteiger partial charge on any atom is 0.260 e. The Morgan fingerprint density at radius 1 is 1.60 bits per heavy atom. The Kier molecular flexibility index (Phi) is 1.45. The number of likely N-dealkylation sites (tertiary alicyclic amines) is 1. The molecule has 1 N–H and O–H groups in total. The van der Waals surface area contributed by atoms with Crippen LogP contribution in [-0.2, 0) is 9.59 Å². The lowest BCUT2D eigenvalue weighted by atomic mass is 10.2. The third kappa shape index (κ3) is 0.775. The molecule has 0 aliphatic carbocycles. The molecule has 0 spiro atoms. The van der Waals surface area contributed by atoms with E-state index in [4.69, 9.17) is 5.11 Å². The van der Waals surface area contributed by atoms with Crippen LogP contribution < -0.4 is 0 Å². The minimum absolute atomic E-state index is 0.0746. The molecule has 0 aromatic rings. The van der Waals surface area contributed by atoms with E-state index in [0.717, 1.165) is 0 Å². The highest BCUT2D eigenvalue weighted by Gasteiger charge is 2.30. The highest BCUT2D eigenvalue weighted by molar-refractivity contribution is 6.24. The van der Waals surface area contributed by atoms with Crippen molar-refractivity contribution in [2.24, 2.45) is 0 Å². The molecule has 1 aliphatic heterocycles. The van der Waals surface area contributed by atoms with Crippen molar-refractivity contribution in [3.8, 4) is 0 Å². The lowest BCUT2D eigenvalue weighted by Crippen LogP contribution is -2.19. The maximum atomic E-state index is 10.8. The average molecular weight is 141 g/mol. The number of aliphatic hydroxyl groups is 1. The van der Waals surface area contributed by atoms with E-state index in [-0.39, 0.29) is 17.9 Å². The average Bonchev–Trinajstić information content (AvgIpc) is 2.09. The Hall–Kier alpha value is -1.32. The molecular weight excluding hydrogens is 134 g/mol. The van der Waals surface area contributed by atoms with Crippen LogP contribution in [0, 0.1) is 0 Å². The summed E-state index contributed by atoms with van der Waals surface area (Å²) in [6.07, 6.45) is 0.564. The number of nitrogens with zero attached hydrogens (tertiary/aromatic N) is 1. The number of carbonyl (C=O) groups is 2. The van der Waals surface area contributed by atoms with Gasteiger partial charge in [0.1, 0.15) is 5.57 Å². The zero-order chi connectivity index (χ0) is 7.72. The van der Waals surface area contributed by atoms with Crippen molar-refractivity contribution < 1.29 is 14.7 Å². The van der Waals surface area contributed by atoms with E-state index >= 15 is 0 Å². The lowest BCUT2D eigenvalue weighted by molar-refractivity contribution is -0.123. The van der Waals surface area contributed by atoms with Gasteiger partial charge in [-0.05, 0) is 0 Å². The predicted octanol–water partition coefficient (Wildman–Crippen LogP) is -0.531. The highest BCUT2D eigenvalue weighted by Crippen LogP contribution is 2.09. The molecular formula is C6H7NO3. The first kappa shape index (κ1) is 6.80. The molecule has 1 fully saturated rings. The van der Waals surface area contributed by atoms with Crippen LogP contribution in [0.25, 0.3) is 0 Å². The van der Waals surface area contributed by atoms with E-state index in [1.807, 2.05) is 0 Å². The number of hydrogen-bond donors (Lipinski definition) is 1. The van der Waals surface area contributed by atoms with Crippen LogP contribution in [0.2, 0.25) is 0 Å². The summed E-state index contributed by atoms with van der Waals surface area (Å²) in [5.74, 6) is -0.734. The second-order valence-electron chi connectivity index (χ2n) is 2.13. The third-order valence-electron chi connectivity index (χ3n) is 1.39. The van der Waals surface area contributed by atoms with Gasteiger partial charge in [0, 0.05) is 7.05 Å². The molecule has 0 aromatic carbocycles. The first-order valence-electron chi connectivity index (χ1n) is 2.80. The van der Waals surface area contributed by atoms with Crippen molar-refractivity contribution in [3.63, 3.8) is 0 Å². The highest BCUT2D eigenvalue weighted by atomic mass is 16.2. The fraction of sp³-hybridized carbons (Fsp3) is 0.333. The zero-order valence-corrected chi connectivity index (χ0v) is 5.50. The zero-order valence-electron chi connectivity index (χ0n) is 5.50. The number of likely N-dealkylation sites (N-methyl/N-ethyl adjacent to an activating group) is 1. The van der Waals surface area contributed by atoms with Gasteiger partial charge >= 0.3 is 0 Å². The van der Waals surface area contributed by atoms with Gasteiger partial charge in [0.25, 0.3) is 5.91 Å². The number of hydrogen-bond acceptors (Lipinski definition) is 3. The van der Waals surface area contributed by atoms with Gasteiger partial charge in [-0.1, -0.05) is 0 Å². The number of rotatable bonds is 0. The molecule has 0 aromatic heterocycles. The summed E-state index contributed by atoms with van der Waals surface area (Å²) >= 11 is 0.